The fraction of sp³-hybridized carbons (Fsp3) is 0.370. The third-order valence-corrected chi connectivity index (χ3v) is 7.04. The summed E-state index contributed by atoms with van der Waals surface area (Å²) in [5, 5.41) is 11.8. The van der Waals surface area contributed by atoms with Crippen LogP contribution in [0.25, 0.3) is 11.1 Å². The molecule has 182 valence electrons. The van der Waals surface area contributed by atoms with E-state index in [0.717, 1.165) is 11.1 Å². The average Bonchev–Trinajstić information content (AvgIpc) is 3.49. The molecule has 2 heterocycles. The third kappa shape index (κ3) is 4.79. The molecule has 1 aliphatic carbocycles. The molecule has 0 bridgehead atoms. The average molecular weight is 477 g/mol. The zero-order valence-corrected chi connectivity index (χ0v) is 19.3. The van der Waals surface area contributed by atoms with Crippen LogP contribution in [0.5, 0.6) is 0 Å². The van der Waals surface area contributed by atoms with Crippen LogP contribution in [0.3, 0.4) is 0 Å². The van der Waals surface area contributed by atoms with Crippen molar-refractivity contribution >= 4 is 18.0 Å². The standard InChI is InChI=1S/C27H28N2O6/c30-25(29-11-9-17(10-12-29)26(31)32)18-13-19(34-15-18)14-28-27(33)35-16-24-22-7-3-1-5-20(22)21-6-2-4-8-23(21)24/h1-9,18-19,24H,10-16H2,(H,28,33)(H,31,32). The Morgan fingerprint density at radius 3 is 2.37 bits per heavy atom. The molecule has 0 radical (unpaired) electrons. The molecule has 2 unspecified atom stereocenters. The van der Waals surface area contributed by atoms with E-state index in [-0.39, 0.29) is 37.0 Å². The molecule has 2 amide bonds. The normalized spacial score (nSPS) is 21.1. The highest BCUT2D eigenvalue weighted by Gasteiger charge is 2.35. The molecule has 2 N–H and O–H groups in total. The molecule has 2 aromatic carbocycles. The molecule has 2 aliphatic heterocycles. The number of benzene rings is 2. The molecule has 35 heavy (non-hydrogen) atoms. The van der Waals surface area contributed by atoms with Gasteiger partial charge in [0.2, 0.25) is 5.91 Å². The number of ether oxygens (including phenoxy) is 2. The number of hydrogen-bond acceptors (Lipinski definition) is 5. The lowest BCUT2D eigenvalue weighted by atomic mass is 9.98. The highest BCUT2D eigenvalue weighted by molar-refractivity contribution is 5.87. The van der Waals surface area contributed by atoms with Crippen molar-refractivity contribution in [3.05, 3.63) is 71.3 Å². The van der Waals surface area contributed by atoms with Gasteiger partial charge in [0, 0.05) is 31.1 Å². The van der Waals surface area contributed by atoms with Crippen LogP contribution in [0.15, 0.2) is 60.2 Å². The van der Waals surface area contributed by atoms with Crippen LogP contribution in [0.1, 0.15) is 29.9 Å². The number of fused-ring (bicyclic) bond motifs is 3. The van der Waals surface area contributed by atoms with E-state index in [1.807, 2.05) is 24.3 Å². The maximum absolute atomic E-state index is 12.8. The molecule has 0 aromatic heterocycles. The Hall–Kier alpha value is -3.65. The number of nitrogens with zero attached hydrogens (tertiary/aromatic N) is 1. The predicted molar refractivity (Wildman–Crippen MR) is 128 cm³/mol. The molecule has 2 atom stereocenters. The van der Waals surface area contributed by atoms with Crippen molar-refractivity contribution in [3.63, 3.8) is 0 Å². The van der Waals surface area contributed by atoms with Crippen molar-refractivity contribution < 1.29 is 29.0 Å². The second-order valence-corrected chi connectivity index (χ2v) is 9.16. The van der Waals surface area contributed by atoms with E-state index in [4.69, 9.17) is 14.6 Å². The molecule has 8 nitrogen and oxygen atoms in total. The van der Waals surface area contributed by atoms with E-state index < -0.39 is 12.1 Å². The van der Waals surface area contributed by atoms with E-state index in [0.29, 0.717) is 38.1 Å². The molecular weight excluding hydrogens is 448 g/mol. The van der Waals surface area contributed by atoms with Crippen LogP contribution in [-0.4, -0.2) is 66.9 Å². The summed E-state index contributed by atoms with van der Waals surface area (Å²) in [6.07, 6.45) is 1.68. The SMILES string of the molecule is O=C(NCC1CC(C(=O)N2CC=C(C(=O)O)CC2)CO1)OCC1c2ccccc2-c2ccccc21. The molecule has 1 fully saturated rings. The quantitative estimate of drug-likeness (QED) is 0.664. The van der Waals surface area contributed by atoms with Gasteiger partial charge in [-0.05, 0) is 35.1 Å². The number of carboxylic acids is 1. The summed E-state index contributed by atoms with van der Waals surface area (Å²) in [6, 6.07) is 16.4. The molecule has 3 aliphatic rings. The number of aliphatic carboxylic acids is 1. The maximum atomic E-state index is 12.8. The summed E-state index contributed by atoms with van der Waals surface area (Å²) < 4.78 is 11.3. The van der Waals surface area contributed by atoms with Gasteiger partial charge in [-0.15, -0.1) is 0 Å². The van der Waals surface area contributed by atoms with Crippen LogP contribution in [-0.2, 0) is 19.1 Å². The van der Waals surface area contributed by atoms with E-state index >= 15 is 0 Å². The first-order chi connectivity index (χ1) is 17.0. The Balaban J connectivity index is 1.09. The largest absolute Gasteiger partial charge is 0.478 e. The van der Waals surface area contributed by atoms with Crippen LogP contribution in [0.2, 0.25) is 0 Å². The Kier molecular flexibility index (Phi) is 6.55. The number of nitrogens with one attached hydrogen (secondary N) is 1. The summed E-state index contributed by atoms with van der Waals surface area (Å²) in [5.74, 6) is -1.25. The van der Waals surface area contributed by atoms with Gasteiger partial charge < -0.3 is 24.8 Å². The van der Waals surface area contributed by atoms with Gasteiger partial charge >= 0.3 is 12.1 Å². The highest BCUT2D eigenvalue weighted by Crippen LogP contribution is 2.44. The number of rotatable bonds is 6. The second kappa shape index (κ2) is 9.92. The van der Waals surface area contributed by atoms with Crippen molar-refractivity contribution in [1.29, 1.82) is 0 Å². The summed E-state index contributed by atoms with van der Waals surface area (Å²) >= 11 is 0. The fourth-order valence-corrected chi connectivity index (χ4v) is 5.19. The van der Waals surface area contributed by atoms with E-state index in [1.165, 1.54) is 11.1 Å². The monoisotopic (exact) mass is 476 g/mol. The summed E-state index contributed by atoms with van der Waals surface area (Å²) in [6.45, 7) is 1.51. The molecule has 8 heteroatoms. The zero-order chi connectivity index (χ0) is 24.4. The number of hydrogen-bond donors (Lipinski definition) is 2. The van der Waals surface area contributed by atoms with E-state index in [9.17, 15) is 14.4 Å². The lowest BCUT2D eigenvalue weighted by Crippen LogP contribution is -2.40. The number of alkyl carbamates (subject to hydrolysis) is 1. The van der Waals surface area contributed by atoms with Gasteiger partial charge in [0.05, 0.1) is 18.6 Å². The Labute approximate surface area is 203 Å². The Morgan fingerprint density at radius 1 is 1.06 bits per heavy atom. The molecule has 0 saturated carbocycles. The van der Waals surface area contributed by atoms with Gasteiger partial charge in [-0.2, -0.15) is 0 Å². The molecule has 0 spiro atoms. The number of amides is 2. The van der Waals surface area contributed by atoms with Gasteiger partial charge in [0.25, 0.3) is 0 Å². The molecule has 5 rings (SSSR count). The number of carbonyl (C=O) groups excluding carboxylic acids is 2. The molecule has 1 saturated heterocycles. The minimum atomic E-state index is -0.930. The van der Waals surface area contributed by atoms with Crippen LogP contribution < -0.4 is 5.32 Å². The van der Waals surface area contributed by atoms with Crippen LogP contribution in [0, 0.1) is 5.92 Å². The van der Waals surface area contributed by atoms with Gasteiger partial charge in [-0.1, -0.05) is 54.6 Å². The first-order valence-corrected chi connectivity index (χ1v) is 11.9. The van der Waals surface area contributed by atoms with Crippen molar-refractivity contribution in [2.24, 2.45) is 5.92 Å². The summed E-state index contributed by atoms with van der Waals surface area (Å²) in [5.41, 5.74) is 5.02. The van der Waals surface area contributed by atoms with E-state index in [2.05, 4.69) is 29.6 Å². The van der Waals surface area contributed by atoms with Gasteiger partial charge in [0.1, 0.15) is 6.61 Å². The smallest absolute Gasteiger partial charge is 0.407 e. The van der Waals surface area contributed by atoms with Crippen molar-refractivity contribution in [2.75, 3.05) is 32.8 Å². The van der Waals surface area contributed by atoms with E-state index in [1.54, 1.807) is 11.0 Å². The highest BCUT2D eigenvalue weighted by atomic mass is 16.5. The number of carboxylic acid groups (broad SMARTS) is 1. The van der Waals surface area contributed by atoms with Gasteiger partial charge in [0.15, 0.2) is 0 Å². The topological polar surface area (TPSA) is 105 Å². The van der Waals surface area contributed by atoms with Crippen molar-refractivity contribution in [1.82, 2.24) is 10.2 Å². The Bertz CT molecular complexity index is 1130. The van der Waals surface area contributed by atoms with Gasteiger partial charge in [-0.25, -0.2) is 9.59 Å². The summed E-state index contributed by atoms with van der Waals surface area (Å²) in [4.78, 5) is 37.9. The second-order valence-electron chi connectivity index (χ2n) is 9.16. The van der Waals surface area contributed by atoms with Crippen LogP contribution in [0.4, 0.5) is 4.79 Å². The fourth-order valence-electron chi connectivity index (χ4n) is 5.19. The van der Waals surface area contributed by atoms with Gasteiger partial charge in [-0.3, -0.25) is 4.79 Å². The third-order valence-electron chi connectivity index (χ3n) is 7.04. The zero-order valence-electron chi connectivity index (χ0n) is 19.3. The number of carbonyl (C=O) groups is 3. The van der Waals surface area contributed by atoms with Crippen molar-refractivity contribution in [3.8, 4) is 11.1 Å². The van der Waals surface area contributed by atoms with Crippen LogP contribution >= 0.6 is 0 Å². The summed E-state index contributed by atoms with van der Waals surface area (Å²) in [7, 11) is 0. The Morgan fingerprint density at radius 2 is 1.74 bits per heavy atom. The first kappa shape index (κ1) is 23.1. The lowest BCUT2D eigenvalue weighted by Gasteiger charge is -2.27. The lowest BCUT2D eigenvalue weighted by molar-refractivity contribution is -0.137. The first-order valence-electron chi connectivity index (χ1n) is 11.9. The molecule has 2 aromatic rings. The predicted octanol–water partition coefficient (Wildman–Crippen LogP) is 3.17. The minimum Gasteiger partial charge on any atom is -0.478 e. The van der Waals surface area contributed by atoms with Crippen molar-refractivity contribution in [2.45, 2.75) is 24.9 Å². The molecular formula is C27H28N2O6. The maximum Gasteiger partial charge on any atom is 0.407 e. The minimum absolute atomic E-state index is 0.00174.